The van der Waals surface area contributed by atoms with Gasteiger partial charge in [-0.15, -0.1) is 0 Å². The first kappa shape index (κ1) is 29.5. The van der Waals surface area contributed by atoms with Gasteiger partial charge < -0.3 is 16.2 Å². The van der Waals surface area contributed by atoms with E-state index < -0.39 is 17.9 Å². The SMILES string of the molecule is CCCCCCCC/C=C/CCCCCCCC(=O)NCCCC(N)(C(=O)O)C(F)F. The number of carboxylic acid groups (broad SMARTS) is 1. The quantitative estimate of drug-likeness (QED) is 0.150. The molecule has 0 rings (SSSR count). The topological polar surface area (TPSA) is 92.4 Å². The van der Waals surface area contributed by atoms with Crippen molar-refractivity contribution in [3.05, 3.63) is 12.2 Å². The summed E-state index contributed by atoms with van der Waals surface area (Å²) in [7, 11) is 0. The highest BCUT2D eigenvalue weighted by Crippen LogP contribution is 2.19. The van der Waals surface area contributed by atoms with E-state index in [9.17, 15) is 18.4 Å². The van der Waals surface area contributed by atoms with Gasteiger partial charge in [-0.3, -0.25) is 4.79 Å². The number of carboxylic acids is 1. The van der Waals surface area contributed by atoms with Gasteiger partial charge in [0.1, 0.15) is 0 Å². The Kier molecular flexibility index (Phi) is 18.3. The summed E-state index contributed by atoms with van der Waals surface area (Å²) in [6.45, 7) is 2.39. The Hall–Kier alpha value is -1.50. The lowest BCUT2D eigenvalue weighted by atomic mass is 9.95. The summed E-state index contributed by atoms with van der Waals surface area (Å²) in [5, 5.41) is 11.5. The molecule has 4 N–H and O–H groups in total. The predicted molar refractivity (Wildman–Crippen MR) is 122 cm³/mol. The molecule has 7 heteroatoms. The zero-order valence-electron chi connectivity index (χ0n) is 19.3. The number of nitrogens with one attached hydrogen (secondary N) is 1. The van der Waals surface area contributed by atoms with Gasteiger partial charge in [0.05, 0.1) is 0 Å². The van der Waals surface area contributed by atoms with E-state index in [2.05, 4.69) is 24.4 Å². The normalized spacial score (nSPS) is 13.6. The van der Waals surface area contributed by atoms with Crippen LogP contribution in [0.2, 0.25) is 0 Å². The van der Waals surface area contributed by atoms with Crippen LogP contribution in [0.4, 0.5) is 8.78 Å². The highest BCUT2D eigenvalue weighted by molar-refractivity contribution is 5.79. The van der Waals surface area contributed by atoms with Gasteiger partial charge in [0, 0.05) is 13.0 Å². The van der Waals surface area contributed by atoms with Gasteiger partial charge in [-0.2, -0.15) is 0 Å². The molecule has 31 heavy (non-hydrogen) atoms. The van der Waals surface area contributed by atoms with Gasteiger partial charge in [0.15, 0.2) is 5.54 Å². The molecular formula is C24H44F2N2O3. The molecule has 0 aromatic rings. The van der Waals surface area contributed by atoms with Gasteiger partial charge >= 0.3 is 5.97 Å². The first-order chi connectivity index (χ1) is 14.8. The minimum atomic E-state index is -3.14. The van der Waals surface area contributed by atoms with Crippen LogP contribution in [0.1, 0.15) is 110 Å². The van der Waals surface area contributed by atoms with Gasteiger partial charge in [0.25, 0.3) is 6.43 Å². The van der Waals surface area contributed by atoms with Crippen LogP contribution >= 0.6 is 0 Å². The van der Waals surface area contributed by atoms with E-state index >= 15 is 0 Å². The molecule has 5 nitrogen and oxygen atoms in total. The fourth-order valence-electron chi connectivity index (χ4n) is 3.36. The van der Waals surface area contributed by atoms with E-state index in [4.69, 9.17) is 10.8 Å². The van der Waals surface area contributed by atoms with Crippen molar-refractivity contribution < 1.29 is 23.5 Å². The molecule has 0 fully saturated rings. The van der Waals surface area contributed by atoms with E-state index in [-0.39, 0.29) is 25.3 Å². The van der Waals surface area contributed by atoms with Crippen LogP contribution in [0.5, 0.6) is 0 Å². The number of hydrogen-bond donors (Lipinski definition) is 3. The van der Waals surface area contributed by atoms with Gasteiger partial charge in [-0.05, 0) is 44.9 Å². The van der Waals surface area contributed by atoms with Gasteiger partial charge in [-0.25, -0.2) is 13.6 Å². The number of alkyl halides is 2. The molecular weight excluding hydrogens is 402 g/mol. The molecule has 0 spiro atoms. The molecule has 0 saturated heterocycles. The number of aliphatic carboxylic acids is 1. The molecule has 1 unspecified atom stereocenters. The lowest BCUT2D eigenvalue weighted by Crippen LogP contribution is -2.54. The molecule has 0 saturated carbocycles. The molecule has 0 bridgehead atoms. The number of rotatable bonds is 21. The van der Waals surface area contributed by atoms with E-state index in [0.29, 0.717) is 6.42 Å². The molecule has 0 aliphatic heterocycles. The molecule has 0 radical (unpaired) electrons. The molecule has 182 valence electrons. The van der Waals surface area contributed by atoms with Crippen molar-refractivity contribution >= 4 is 11.9 Å². The van der Waals surface area contributed by atoms with Crippen LogP contribution in [0.25, 0.3) is 0 Å². The van der Waals surface area contributed by atoms with Crippen LogP contribution in [0.3, 0.4) is 0 Å². The summed E-state index contributed by atoms with van der Waals surface area (Å²) in [6.07, 6.45) is 17.1. The molecule has 0 heterocycles. The Labute approximate surface area is 187 Å². The smallest absolute Gasteiger partial charge is 0.329 e. The minimum absolute atomic E-state index is 0.102. The maximum atomic E-state index is 12.8. The first-order valence-electron chi connectivity index (χ1n) is 12.1. The lowest BCUT2D eigenvalue weighted by Gasteiger charge is -2.23. The van der Waals surface area contributed by atoms with Gasteiger partial charge in [-0.1, -0.05) is 70.4 Å². The maximum absolute atomic E-state index is 12.8. The molecule has 0 aliphatic carbocycles. The highest BCUT2D eigenvalue weighted by Gasteiger charge is 2.43. The average Bonchev–Trinajstić information content (AvgIpc) is 2.73. The first-order valence-corrected chi connectivity index (χ1v) is 12.1. The van der Waals surface area contributed by atoms with E-state index in [1.165, 1.54) is 51.4 Å². The number of carbonyl (C=O) groups is 2. The molecule has 0 aromatic carbocycles. The van der Waals surface area contributed by atoms with Crippen molar-refractivity contribution in [3.8, 4) is 0 Å². The summed E-state index contributed by atoms with van der Waals surface area (Å²) in [5.41, 5.74) is 2.69. The number of allylic oxidation sites excluding steroid dienone is 2. The zero-order chi connectivity index (χ0) is 23.4. The summed E-state index contributed by atoms with van der Waals surface area (Å²) >= 11 is 0. The molecule has 1 amide bonds. The van der Waals surface area contributed by atoms with Crippen LogP contribution in [-0.4, -0.2) is 35.5 Å². The van der Waals surface area contributed by atoms with Gasteiger partial charge in [0.2, 0.25) is 5.91 Å². The molecule has 1 atom stereocenters. The van der Waals surface area contributed by atoms with Crippen molar-refractivity contribution in [1.29, 1.82) is 0 Å². The monoisotopic (exact) mass is 446 g/mol. The van der Waals surface area contributed by atoms with Crippen LogP contribution in [-0.2, 0) is 9.59 Å². The minimum Gasteiger partial charge on any atom is -0.480 e. The summed E-state index contributed by atoms with van der Waals surface area (Å²) in [5.74, 6) is -1.85. The van der Waals surface area contributed by atoms with Crippen molar-refractivity contribution in [2.45, 2.75) is 122 Å². The third-order valence-electron chi connectivity index (χ3n) is 5.54. The standard InChI is InChI=1S/C24H44F2N2O3/c1-2-3-4-5-6-7-8-9-10-11-12-13-14-15-16-18-21(29)28-20-17-19-24(27,22(25)26)23(30)31/h9-10,22H,2-8,11-20,27H2,1H3,(H,28,29)(H,30,31)/b10-9+. The Bertz CT molecular complexity index is 501. The maximum Gasteiger partial charge on any atom is 0.329 e. The Morgan fingerprint density at radius 2 is 1.42 bits per heavy atom. The van der Waals surface area contributed by atoms with Crippen LogP contribution < -0.4 is 11.1 Å². The average molecular weight is 447 g/mol. The second kappa shape index (κ2) is 19.2. The molecule has 0 aliphatic rings. The van der Waals surface area contributed by atoms with Crippen LogP contribution in [0.15, 0.2) is 12.2 Å². The van der Waals surface area contributed by atoms with E-state index in [1.807, 2.05) is 0 Å². The number of carbonyl (C=O) groups excluding carboxylic acids is 1. The Balaban J connectivity index is 3.50. The van der Waals surface area contributed by atoms with Crippen molar-refractivity contribution in [3.63, 3.8) is 0 Å². The predicted octanol–water partition coefficient (Wildman–Crippen LogP) is 5.97. The Morgan fingerprint density at radius 1 is 0.903 bits per heavy atom. The summed E-state index contributed by atoms with van der Waals surface area (Å²) in [4.78, 5) is 22.6. The largest absolute Gasteiger partial charge is 0.480 e. The Morgan fingerprint density at radius 3 is 1.94 bits per heavy atom. The second-order valence-electron chi connectivity index (χ2n) is 8.43. The third-order valence-corrected chi connectivity index (χ3v) is 5.54. The lowest BCUT2D eigenvalue weighted by molar-refractivity contribution is -0.150. The number of hydrogen-bond acceptors (Lipinski definition) is 3. The third kappa shape index (κ3) is 15.9. The van der Waals surface area contributed by atoms with E-state index in [0.717, 1.165) is 32.1 Å². The van der Waals surface area contributed by atoms with Crippen molar-refractivity contribution in [1.82, 2.24) is 5.32 Å². The number of amides is 1. The second-order valence-corrected chi connectivity index (χ2v) is 8.43. The number of nitrogens with two attached hydrogens (primary N) is 1. The summed E-state index contributed by atoms with van der Waals surface area (Å²) in [6, 6.07) is 0. The fraction of sp³-hybridized carbons (Fsp3) is 0.833. The number of halogens is 2. The summed E-state index contributed by atoms with van der Waals surface area (Å²) < 4.78 is 25.5. The molecule has 0 aromatic heterocycles. The number of unbranched alkanes of at least 4 members (excludes halogenated alkanes) is 11. The van der Waals surface area contributed by atoms with Crippen LogP contribution in [0, 0.1) is 0 Å². The van der Waals surface area contributed by atoms with E-state index in [1.54, 1.807) is 0 Å². The van der Waals surface area contributed by atoms with Crippen molar-refractivity contribution in [2.75, 3.05) is 6.54 Å². The fourth-order valence-corrected chi connectivity index (χ4v) is 3.36. The zero-order valence-corrected chi connectivity index (χ0v) is 19.3. The van der Waals surface area contributed by atoms with Crippen molar-refractivity contribution in [2.24, 2.45) is 5.73 Å². The highest BCUT2D eigenvalue weighted by atomic mass is 19.3.